The Morgan fingerprint density at radius 2 is 1.92 bits per heavy atom. The second-order valence-corrected chi connectivity index (χ2v) is 6.65. The second-order valence-electron chi connectivity index (χ2n) is 6.65. The average Bonchev–Trinajstić information content (AvgIpc) is 3.07. The van der Waals surface area contributed by atoms with E-state index in [2.05, 4.69) is 27.2 Å². The van der Waals surface area contributed by atoms with Crippen molar-refractivity contribution in [2.45, 2.75) is 19.3 Å². The molecule has 0 aliphatic carbocycles. The molecule has 0 amide bonds. The van der Waals surface area contributed by atoms with Crippen molar-refractivity contribution in [1.82, 2.24) is 29.9 Å². The van der Waals surface area contributed by atoms with Crippen LogP contribution in [0.4, 0.5) is 0 Å². The topological polar surface area (TPSA) is 69.0 Å². The van der Waals surface area contributed by atoms with Gasteiger partial charge in [-0.15, -0.1) is 5.10 Å². The molecule has 0 unspecified atom stereocenters. The molecule has 0 saturated carbocycles. The van der Waals surface area contributed by atoms with Crippen LogP contribution in [0.5, 0.6) is 5.75 Å². The summed E-state index contributed by atoms with van der Waals surface area (Å²) in [6.45, 7) is 2.30. The molecule has 1 aliphatic rings. The summed E-state index contributed by atoms with van der Waals surface area (Å²) in [5.41, 5.74) is 2.37. The SMILES string of the molecule is COc1ccc(-n2nnc3cnc(CC4CCN(C)CC4)nc32)cc1. The highest BCUT2D eigenvalue weighted by atomic mass is 16.5. The van der Waals surface area contributed by atoms with Gasteiger partial charge >= 0.3 is 0 Å². The maximum Gasteiger partial charge on any atom is 0.187 e. The Morgan fingerprint density at radius 1 is 1.16 bits per heavy atom. The van der Waals surface area contributed by atoms with Gasteiger partial charge in [-0.25, -0.2) is 9.97 Å². The lowest BCUT2D eigenvalue weighted by atomic mass is 9.93. The first-order valence-electron chi connectivity index (χ1n) is 8.63. The number of aromatic nitrogens is 5. The Hall–Kier alpha value is -2.54. The first kappa shape index (κ1) is 16.0. The molecule has 1 aromatic carbocycles. The van der Waals surface area contributed by atoms with Crippen LogP contribution < -0.4 is 4.74 Å². The predicted molar refractivity (Wildman–Crippen MR) is 94.9 cm³/mol. The molecule has 3 aromatic rings. The molecule has 2 aromatic heterocycles. The fourth-order valence-electron chi connectivity index (χ4n) is 3.28. The summed E-state index contributed by atoms with van der Waals surface area (Å²) in [4.78, 5) is 11.6. The highest BCUT2D eigenvalue weighted by molar-refractivity contribution is 5.70. The lowest BCUT2D eigenvalue weighted by Crippen LogP contribution is -2.31. The normalized spacial score (nSPS) is 16.4. The third-order valence-electron chi connectivity index (χ3n) is 4.87. The molecule has 0 radical (unpaired) electrons. The molecule has 0 spiro atoms. The van der Waals surface area contributed by atoms with Gasteiger partial charge in [-0.2, -0.15) is 4.68 Å². The number of ether oxygens (including phenoxy) is 1. The predicted octanol–water partition coefficient (Wildman–Crippen LogP) is 2.10. The zero-order valence-corrected chi connectivity index (χ0v) is 14.6. The van der Waals surface area contributed by atoms with E-state index in [1.165, 1.54) is 12.8 Å². The molecule has 1 saturated heterocycles. The molecule has 1 aliphatic heterocycles. The number of methoxy groups -OCH3 is 1. The van der Waals surface area contributed by atoms with E-state index in [0.29, 0.717) is 11.4 Å². The molecule has 4 rings (SSSR count). The van der Waals surface area contributed by atoms with E-state index in [0.717, 1.165) is 42.4 Å². The van der Waals surface area contributed by atoms with Gasteiger partial charge in [-0.3, -0.25) is 0 Å². The Labute approximate surface area is 146 Å². The summed E-state index contributed by atoms with van der Waals surface area (Å²) in [6.07, 6.45) is 5.10. The van der Waals surface area contributed by atoms with E-state index in [4.69, 9.17) is 9.72 Å². The lowest BCUT2D eigenvalue weighted by molar-refractivity contribution is 0.217. The van der Waals surface area contributed by atoms with Crippen molar-refractivity contribution in [3.8, 4) is 11.4 Å². The second kappa shape index (κ2) is 6.76. The van der Waals surface area contributed by atoms with Gasteiger partial charge in [0.2, 0.25) is 0 Å². The zero-order chi connectivity index (χ0) is 17.2. The van der Waals surface area contributed by atoms with Gasteiger partial charge in [0, 0.05) is 6.42 Å². The molecule has 7 heteroatoms. The van der Waals surface area contributed by atoms with E-state index in [1.54, 1.807) is 18.0 Å². The fraction of sp³-hybridized carbons (Fsp3) is 0.444. The highest BCUT2D eigenvalue weighted by Gasteiger charge is 2.19. The minimum atomic E-state index is 0.652. The van der Waals surface area contributed by atoms with Crippen LogP contribution in [-0.2, 0) is 6.42 Å². The Kier molecular flexibility index (Phi) is 4.31. The number of rotatable bonds is 4. The third kappa shape index (κ3) is 3.32. The Morgan fingerprint density at radius 3 is 2.64 bits per heavy atom. The van der Waals surface area contributed by atoms with Gasteiger partial charge in [0.15, 0.2) is 11.2 Å². The standard InChI is InChI=1S/C18H22N6O/c1-23-9-7-13(8-10-23)11-17-19-12-16-18(20-17)24(22-21-16)14-3-5-15(25-2)6-4-14/h3-6,12-13H,7-11H2,1-2H3. The van der Waals surface area contributed by atoms with Crippen LogP contribution in [0.3, 0.4) is 0 Å². The third-order valence-corrected chi connectivity index (χ3v) is 4.87. The highest BCUT2D eigenvalue weighted by Crippen LogP contribution is 2.21. The van der Waals surface area contributed by atoms with Gasteiger partial charge in [0.1, 0.15) is 11.6 Å². The van der Waals surface area contributed by atoms with E-state index in [-0.39, 0.29) is 0 Å². The Balaban J connectivity index is 1.60. The molecule has 3 heterocycles. The summed E-state index contributed by atoms with van der Waals surface area (Å²) in [6, 6.07) is 7.71. The molecule has 1 fully saturated rings. The van der Waals surface area contributed by atoms with Crippen molar-refractivity contribution in [1.29, 1.82) is 0 Å². The summed E-state index contributed by atoms with van der Waals surface area (Å²) in [5.74, 6) is 2.34. The van der Waals surface area contributed by atoms with Crippen molar-refractivity contribution >= 4 is 11.2 Å². The van der Waals surface area contributed by atoms with E-state index < -0.39 is 0 Å². The Bertz CT molecular complexity index is 852. The quantitative estimate of drug-likeness (QED) is 0.726. The van der Waals surface area contributed by atoms with E-state index >= 15 is 0 Å². The van der Waals surface area contributed by atoms with Gasteiger partial charge in [0.05, 0.1) is 19.0 Å². The van der Waals surface area contributed by atoms with Crippen LogP contribution in [0.15, 0.2) is 30.5 Å². The molecule has 0 atom stereocenters. The summed E-state index contributed by atoms with van der Waals surface area (Å²) in [7, 11) is 3.83. The van der Waals surface area contributed by atoms with Gasteiger partial charge in [-0.1, -0.05) is 5.21 Å². The van der Waals surface area contributed by atoms with Crippen molar-refractivity contribution in [2.24, 2.45) is 5.92 Å². The summed E-state index contributed by atoms with van der Waals surface area (Å²) in [5, 5.41) is 8.42. The number of benzene rings is 1. The van der Waals surface area contributed by atoms with E-state index in [1.807, 2.05) is 24.3 Å². The first-order chi connectivity index (χ1) is 12.2. The number of nitrogens with zero attached hydrogens (tertiary/aromatic N) is 6. The number of fused-ring (bicyclic) bond motifs is 1. The molecule has 130 valence electrons. The molecular weight excluding hydrogens is 316 g/mol. The smallest absolute Gasteiger partial charge is 0.187 e. The van der Waals surface area contributed by atoms with Crippen molar-refractivity contribution in [3.63, 3.8) is 0 Å². The van der Waals surface area contributed by atoms with Gasteiger partial charge in [0.25, 0.3) is 0 Å². The molecule has 7 nitrogen and oxygen atoms in total. The maximum absolute atomic E-state index is 5.21. The van der Waals surface area contributed by atoms with E-state index in [9.17, 15) is 0 Å². The van der Waals surface area contributed by atoms with Crippen molar-refractivity contribution in [2.75, 3.05) is 27.2 Å². The van der Waals surface area contributed by atoms with Crippen LogP contribution in [-0.4, -0.2) is 57.1 Å². The van der Waals surface area contributed by atoms with Crippen LogP contribution >= 0.6 is 0 Å². The number of hydrogen-bond donors (Lipinski definition) is 0. The zero-order valence-electron chi connectivity index (χ0n) is 14.6. The minimum absolute atomic E-state index is 0.652. The molecule has 25 heavy (non-hydrogen) atoms. The first-order valence-corrected chi connectivity index (χ1v) is 8.63. The summed E-state index contributed by atoms with van der Waals surface area (Å²) < 4.78 is 6.97. The van der Waals surface area contributed by atoms with Crippen molar-refractivity contribution < 1.29 is 4.74 Å². The number of likely N-dealkylation sites (tertiary alicyclic amines) is 1. The lowest BCUT2D eigenvalue weighted by Gasteiger charge is -2.28. The van der Waals surface area contributed by atoms with Crippen molar-refractivity contribution in [3.05, 3.63) is 36.3 Å². The monoisotopic (exact) mass is 338 g/mol. The fourth-order valence-corrected chi connectivity index (χ4v) is 3.28. The minimum Gasteiger partial charge on any atom is -0.497 e. The van der Waals surface area contributed by atoms with Crippen LogP contribution in [0, 0.1) is 5.92 Å². The van der Waals surface area contributed by atoms with Gasteiger partial charge in [-0.05, 0) is 63.2 Å². The van der Waals surface area contributed by atoms with Crippen LogP contribution in [0.1, 0.15) is 18.7 Å². The van der Waals surface area contributed by atoms with Gasteiger partial charge < -0.3 is 9.64 Å². The maximum atomic E-state index is 5.21. The molecule has 0 bridgehead atoms. The van der Waals surface area contributed by atoms with Crippen LogP contribution in [0.2, 0.25) is 0 Å². The largest absolute Gasteiger partial charge is 0.497 e. The average molecular weight is 338 g/mol. The molecular formula is C18H22N6O. The number of piperidine rings is 1. The van der Waals surface area contributed by atoms with Crippen LogP contribution in [0.25, 0.3) is 16.9 Å². The summed E-state index contributed by atoms with van der Waals surface area (Å²) >= 11 is 0. The number of hydrogen-bond acceptors (Lipinski definition) is 6. The molecule has 0 N–H and O–H groups in total.